The van der Waals surface area contributed by atoms with Gasteiger partial charge >= 0.3 is 23.9 Å². The molecule has 0 spiro atoms. The first-order chi connectivity index (χ1) is 11.9. The van der Waals surface area contributed by atoms with Gasteiger partial charge in [-0.3, -0.25) is 0 Å². The van der Waals surface area contributed by atoms with Crippen LogP contribution in [0.5, 0.6) is 0 Å². The molecule has 0 aromatic carbocycles. The molecule has 0 aliphatic carbocycles. The van der Waals surface area contributed by atoms with E-state index in [9.17, 15) is 19.2 Å². The predicted molar refractivity (Wildman–Crippen MR) is 76.4 cm³/mol. The average Bonchev–Trinajstić information content (AvgIpc) is 2.64. The molecular formula is C13H22O12. The standard InChI is InChI=1S/C7H12O6.C6H10O6/c8-6(12-10)4-2-1-3-5-7(9)13-11;7-5(11-9)3-1-2-4-6(8)12-10/h10-11H,1-5H2;9-10H,1-4H2. The van der Waals surface area contributed by atoms with Gasteiger partial charge in [-0.05, 0) is 25.7 Å². The van der Waals surface area contributed by atoms with E-state index in [1.54, 1.807) is 0 Å². The van der Waals surface area contributed by atoms with Gasteiger partial charge in [0.2, 0.25) is 0 Å². The summed E-state index contributed by atoms with van der Waals surface area (Å²) in [5, 5.41) is 31.3. The van der Waals surface area contributed by atoms with Gasteiger partial charge in [0.15, 0.2) is 0 Å². The summed E-state index contributed by atoms with van der Waals surface area (Å²) >= 11 is 0. The molecule has 12 heteroatoms. The van der Waals surface area contributed by atoms with Crippen molar-refractivity contribution in [2.24, 2.45) is 0 Å². The molecule has 0 radical (unpaired) electrons. The van der Waals surface area contributed by atoms with Gasteiger partial charge in [-0.1, -0.05) is 6.42 Å². The molecule has 4 N–H and O–H groups in total. The highest BCUT2D eigenvalue weighted by atomic mass is 17.1. The van der Waals surface area contributed by atoms with E-state index < -0.39 is 23.9 Å². The number of carbonyl (C=O) groups is 4. The Morgan fingerprint density at radius 3 is 0.840 bits per heavy atom. The van der Waals surface area contributed by atoms with E-state index >= 15 is 0 Å². The Morgan fingerprint density at radius 2 is 0.640 bits per heavy atom. The summed E-state index contributed by atoms with van der Waals surface area (Å²) in [6, 6.07) is 0. The third-order valence-corrected chi connectivity index (χ3v) is 2.68. The topological polar surface area (TPSA) is 186 Å². The molecule has 0 rings (SSSR count). The van der Waals surface area contributed by atoms with Crippen molar-refractivity contribution in [1.82, 2.24) is 0 Å². The highest BCUT2D eigenvalue weighted by molar-refractivity contribution is 5.70. The molecule has 0 amide bonds. The average molecular weight is 370 g/mol. The van der Waals surface area contributed by atoms with Crippen LogP contribution >= 0.6 is 0 Å². The van der Waals surface area contributed by atoms with Crippen molar-refractivity contribution < 1.29 is 59.8 Å². The highest BCUT2D eigenvalue weighted by Gasteiger charge is 2.05. The van der Waals surface area contributed by atoms with Gasteiger partial charge in [-0.2, -0.15) is 21.0 Å². The zero-order valence-electron chi connectivity index (χ0n) is 13.4. The third kappa shape index (κ3) is 19.7. The summed E-state index contributed by atoms with van der Waals surface area (Å²) in [5.41, 5.74) is 0. The largest absolute Gasteiger partial charge is 0.342 e. The van der Waals surface area contributed by atoms with Crippen molar-refractivity contribution in [2.45, 2.75) is 57.8 Å². The molecule has 0 heterocycles. The molecule has 0 aliphatic rings. The Morgan fingerprint density at radius 1 is 0.440 bits per heavy atom. The van der Waals surface area contributed by atoms with Gasteiger partial charge in [0.05, 0.1) is 0 Å². The van der Waals surface area contributed by atoms with E-state index in [2.05, 4.69) is 19.6 Å². The van der Waals surface area contributed by atoms with Crippen LogP contribution in [0.4, 0.5) is 0 Å². The van der Waals surface area contributed by atoms with Gasteiger partial charge in [0.1, 0.15) is 0 Å². The van der Waals surface area contributed by atoms with Crippen molar-refractivity contribution in [3.05, 3.63) is 0 Å². The minimum atomic E-state index is -0.743. The van der Waals surface area contributed by atoms with Crippen LogP contribution in [0.2, 0.25) is 0 Å². The summed E-state index contributed by atoms with van der Waals surface area (Å²) in [6.07, 6.45) is 2.78. The molecule has 0 fully saturated rings. The molecule has 0 unspecified atom stereocenters. The van der Waals surface area contributed by atoms with Crippen molar-refractivity contribution in [3.63, 3.8) is 0 Å². The molecule has 0 aromatic heterocycles. The normalized spacial score (nSPS) is 9.28. The van der Waals surface area contributed by atoms with Crippen LogP contribution in [0.25, 0.3) is 0 Å². The summed E-state index contributed by atoms with van der Waals surface area (Å²) in [5.74, 6) is -2.87. The van der Waals surface area contributed by atoms with Gasteiger partial charge in [-0.25, -0.2) is 19.2 Å². The zero-order valence-corrected chi connectivity index (χ0v) is 13.4. The van der Waals surface area contributed by atoms with Crippen molar-refractivity contribution in [2.75, 3.05) is 0 Å². The lowest BCUT2D eigenvalue weighted by Gasteiger charge is -1.97. The highest BCUT2D eigenvalue weighted by Crippen LogP contribution is 2.04. The molecule has 25 heavy (non-hydrogen) atoms. The molecule has 0 atom stereocenters. The maximum absolute atomic E-state index is 10.4. The number of unbranched alkanes of at least 4 members (excludes halogenated alkanes) is 3. The first-order valence-electron chi connectivity index (χ1n) is 7.28. The second kappa shape index (κ2) is 18.1. The quantitative estimate of drug-likeness (QED) is 0.178. The fraction of sp³-hybridized carbons (Fsp3) is 0.692. The van der Waals surface area contributed by atoms with E-state index in [0.29, 0.717) is 32.1 Å². The number of rotatable bonds is 11. The maximum atomic E-state index is 10.4. The SMILES string of the molecule is O=C(CCCCC(=O)OO)OO.O=C(CCCCCC(=O)OO)OO. The summed E-state index contributed by atoms with van der Waals surface area (Å²) in [7, 11) is 0. The smallest absolute Gasteiger partial charge is 0.301 e. The zero-order chi connectivity index (χ0) is 19.5. The first-order valence-corrected chi connectivity index (χ1v) is 7.28. The van der Waals surface area contributed by atoms with Crippen LogP contribution in [0.3, 0.4) is 0 Å². The van der Waals surface area contributed by atoms with Crippen LogP contribution in [0, 0.1) is 0 Å². The molecule has 0 aromatic rings. The Bertz CT molecular complexity index is 358. The minimum Gasteiger partial charge on any atom is -0.301 e. The fourth-order valence-electron chi connectivity index (χ4n) is 1.44. The van der Waals surface area contributed by atoms with Crippen LogP contribution in [-0.2, 0) is 38.7 Å². The predicted octanol–water partition coefficient (Wildman–Crippen LogP) is 1.55. The number of hydrogen-bond donors (Lipinski definition) is 4. The van der Waals surface area contributed by atoms with E-state index in [-0.39, 0.29) is 25.7 Å². The van der Waals surface area contributed by atoms with Crippen molar-refractivity contribution in [1.29, 1.82) is 0 Å². The minimum absolute atomic E-state index is 0.0369. The number of hydrogen-bond acceptors (Lipinski definition) is 12. The lowest BCUT2D eigenvalue weighted by molar-refractivity contribution is -0.235. The van der Waals surface area contributed by atoms with Gasteiger partial charge in [0, 0.05) is 25.7 Å². The first kappa shape index (κ1) is 25.0. The van der Waals surface area contributed by atoms with Crippen LogP contribution in [-0.4, -0.2) is 44.9 Å². The lowest BCUT2D eigenvalue weighted by atomic mass is 10.1. The fourth-order valence-corrected chi connectivity index (χ4v) is 1.44. The molecule has 0 saturated carbocycles. The third-order valence-electron chi connectivity index (χ3n) is 2.68. The Hall–Kier alpha value is -2.28. The second-order valence-electron chi connectivity index (χ2n) is 4.62. The van der Waals surface area contributed by atoms with E-state index in [0.717, 1.165) is 0 Å². The Kier molecular flexibility index (Phi) is 18.0. The summed E-state index contributed by atoms with van der Waals surface area (Å²) < 4.78 is 0. The number of carbonyl (C=O) groups excluding carboxylic acids is 4. The Balaban J connectivity index is 0. The second-order valence-corrected chi connectivity index (χ2v) is 4.62. The van der Waals surface area contributed by atoms with Crippen molar-refractivity contribution in [3.8, 4) is 0 Å². The van der Waals surface area contributed by atoms with Crippen LogP contribution < -0.4 is 0 Å². The van der Waals surface area contributed by atoms with Crippen molar-refractivity contribution >= 4 is 23.9 Å². The van der Waals surface area contributed by atoms with E-state index in [1.165, 1.54) is 0 Å². The molecule has 0 bridgehead atoms. The van der Waals surface area contributed by atoms with Crippen LogP contribution in [0.15, 0.2) is 0 Å². The van der Waals surface area contributed by atoms with Crippen LogP contribution in [0.1, 0.15) is 57.8 Å². The molecular weight excluding hydrogens is 348 g/mol. The Labute approximate surface area is 142 Å². The molecule has 0 saturated heterocycles. The lowest BCUT2D eigenvalue weighted by Crippen LogP contribution is -2.03. The summed E-state index contributed by atoms with van der Waals surface area (Å²) in [6.45, 7) is 0. The maximum Gasteiger partial charge on any atom is 0.342 e. The van der Waals surface area contributed by atoms with E-state index in [4.69, 9.17) is 21.0 Å². The summed E-state index contributed by atoms with van der Waals surface area (Å²) in [4.78, 5) is 54.9. The monoisotopic (exact) mass is 370 g/mol. The van der Waals surface area contributed by atoms with E-state index in [1.807, 2.05) is 0 Å². The molecule has 12 nitrogen and oxygen atoms in total. The molecule has 146 valence electrons. The van der Waals surface area contributed by atoms with Gasteiger partial charge in [0.25, 0.3) is 0 Å². The van der Waals surface area contributed by atoms with Gasteiger partial charge < -0.3 is 19.6 Å². The molecule has 0 aliphatic heterocycles. The van der Waals surface area contributed by atoms with Gasteiger partial charge in [-0.15, -0.1) is 0 Å².